The molecule has 0 saturated heterocycles. The number of hydrogen-bond donors (Lipinski definition) is 0. The third-order valence-electron chi connectivity index (χ3n) is 4.33. The van der Waals surface area contributed by atoms with Crippen molar-refractivity contribution in [2.75, 3.05) is 0 Å². The van der Waals surface area contributed by atoms with Crippen LogP contribution in [0.1, 0.15) is 54.0 Å². The highest BCUT2D eigenvalue weighted by Gasteiger charge is 2.07. The molecule has 2 rings (SSSR count). The monoisotopic (exact) mass is 364 g/mol. The van der Waals surface area contributed by atoms with E-state index in [0.29, 0.717) is 11.3 Å². The molecule has 2 aromatic rings. The molecule has 0 atom stereocenters. The van der Waals surface area contributed by atoms with Crippen molar-refractivity contribution < 1.29 is 13.9 Å². The van der Waals surface area contributed by atoms with Crippen LogP contribution in [0.15, 0.2) is 43.0 Å². The molecule has 0 unspecified atom stereocenters. The largest absolute Gasteiger partial charge is 0.423 e. The third kappa shape index (κ3) is 5.82. The van der Waals surface area contributed by atoms with E-state index in [1.807, 2.05) is 26.0 Å². The minimum Gasteiger partial charge on any atom is -0.423 e. The Morgan fingerprint density at radius 2 is 1.85 bits per heavy atom. The second-order valence-corrected chi connectivity index (χ2v) is 6.57. The van der Waals surface area contributed by atoms with Crippen LogP contribution in [-0.2, 0) is 11.2 Å². The highest BCUT2D eigenvalue weighted by Crippen LogP contribution is 2.22. The Kier molecular flexibility index (Phi) is 7.37. The number of carbonyl (C=O) groups is 1. The van der Waals surface area contributed by atoms with Gasteiger partial charge in [0.15, 0.2) is 0 Å². The second kappa shape index (κ2) is 9.73. The lowest BCUT2D eigenvalue weighted by Gasteiger charge is -2.08. The van der Waals surface area contributed by atoms with Crippen LogP contribution >= 0.6 is 0 Å². The van der Waals surface area contributed by atoms with Crippen LogP contribution in [-0.4, -0.2) is 5.97 Å². The Labute approximate surface area is 161 Å². The highest BCUT2D eigenvalue weighted by molar-refractivity contribution is 5.83. The normalized spacial score (nSPS) is 10.1. The van der Waals surface area contributed by atoms with Crippen LogP contribution in [0.25, 0.3) is 0 Å². The summed E-state index contributed by atoms with van der Waals surface area (Å²) >= 11 is 0. The predicted molar refractivity (Wildman–Crippen MR) is 107 cm³/mol. The molecular formula is C24H25FO2. The van der Waals surface area contributed by atoms with E-state index in [2.05, 4.69) is 25.3 Å². The van der Waals surface area contributed by atoms with Crippen LogP contribution in [0.3, 0.4) is 0 Å². The molecule has 0 radical (unpaired) electrons. The summed E-state index contributed by atoms with van der Waals surface area (Å²) in [5.41, 5.74) is 4.03. The number of hydrogen-bond acceptors (Lipinski definition) is 2. The molecule has 27 heavy (non-hydrogen) atoms. The Hall–Kier alpha value is -2.86. The maximum Gasteiger partial charge on any atom is 0.335 e. The highest BCUT2D eigenvalue weighted by atomic mass is 19.1. The maximum absolute atomic E-state index is 14.2. The zero-order valence-electron chi connectivity index (χ0n) is 16.2. The Bertz CT molecular complexity index is 877. The first-order chi connectivity index (χ1) is 12.9. The number of benzene rings is 2. The average Bonchev–Trinajstić information content (AvgIpc) is 2.62. The molecule has 0 aliphatic heterocycles. The van der Waals surface area contributed by atoms with Gasteiger partial charge in [0, 0.05) is 17.2 Å². The number of esters is 1. The predicted octanol–water partition coefficient (Wildman–Crippen LogP) is 5.67. The minimum absolute atomic E-state index is 0.196. The quantitative estimate of drug-likeness (QED) is 0.217. The van der Waals surface area contributed by atoms with Gasteiger partial charge in [-0.1, -0.05) is 44.3 Å². The van der Waals surface area contributed by atoms with Crippen LogP contribution in [0.4, 0.5) is 4.39 Å². The fraction of sp³-hybridized carbons (Fsp3) is 0.292. The summed E-state index contributed by atoms with van der Waals surface area (Å²) in [5.74, 6) is 5.92. The summed E-state index contributed by atoms with van der Waals surface area (Å²) in [7, 11) is 0. The first-order valence-corrected chi connectivity index (χ1v) is 9.20. The van der Waals surface area contributed by atoms with Crippen molar-refractivity contribution in [3.63, 3.8) is 0 Å². The van der Waals surface area contributed by atoms with Crippen molar-refractivity contribution in [1.29, 1.82) is 0 Å². The fourth-order valence-electron chi connectivity index (χ4n) is 2.87. The Morgan fingerprint density at radius 3 is 2.44 bits per heavy atom. The number of unbranched alkanes of at least 4 members (excludes halogenated alkanes) is 2. The van der Waals surface area contributed by atoms with E-state index >= 15 is 0 Å². The third-order valence-corrected chi connectivity index (χ3v) is 4.33. The molecule has 2 nitrogen and oxygen atoms in total. The van der Waals surface area contributed by atoms with Crippen LogP contribution in [0.5, 0.6) is 5.75 Å². The summed E-state index contributed by atoms with van der Waals surface area (Å²) in [4.78, 5) is 11.3. The SMILES string of the molecule is C=CC(=O)Oc1cc(C)c(C#Cc2ccc(CCCCC)c(F)c2)c(C)c1. The lowest BCUT2D eigenvalue weighted by atomic mass is 10.0. The van der Waals surface area contributed by atoms with Crippen molar-refractivity contribution in [3.8, 4) is 17.6 Å². The standard InChI is InChI=1S/C24H25FO2/c1-5-7-8-9-20-12-10-19(16-23(20)25)11-13-22-17(3)14-21(15-18(22)4)27-24(26)6-2/h6,10,12,14-16H,2,5,7-9H2,1,3-4H3. The summed E-state index contributed by atoms with van der Waals surface area (Å²) in [6, 6.07) is 8.71. The van der Waals surface area contributed by atoms with E-state index in [0.717, 1.165) is 54.0 Å². The molecule has 0 N–H and O–H groups in total. The van der Waals surface area contributed by atoms with Gasteiger partial charge in [-0.25, -0.2) is 9.18 Å². The summed E-state index contributed by atoms with van der Waals surface area (Å²) < 4.78 is 19.4. The van der Waals surface area contributed by atoms with Crippen LogP contribution in [0, 0.1) is 31.5 Å². The van der Waals surface area contributed by atoms with Gasteiger partial charge in [0.05, 0.1) is 0 Å². The average molecular weight is 364 g/mol. The number of rotatable bonds is 6. The van der Waals surface area contributed by atoms with Gasteiger partial charge < -0.3 is 4.74 Å². The van der Waals surface area contributed by atoms with Crippen molar-refractivity contribution in [3.05, 3.63) is 76.6 Å². The lowest BCUT2D eigenvalue weighted by molar-refractivity contribution is -0.128. The number of ether oxygens (including phenoxy) is 1. The first kappa shape index (κ1) is 20.5. The molecule has 0 spiro atoms. The van der Waals surface area contributed by atoms with Gasteiger partial charge in [-0.05, 0) is 67.6 Å². The lowest BCUT2D eigenvalue weighted by Crippen LogP contribution is -2.04. The Balaban J connectivity index is 2.20. The maximum atomic E-state index is 14.2. The topological polar surface area (TPSA) is 26.3 Å². The summed E-state index contributed by atoms with van der Waals surface area (Å²) in [5, 5.41) is 0. The molecule has 0 fully saturated rings. The van der Waals surface area contributed by atoms with Gasteiger partial charge >= 0.3 is 5.97 Å². The molecule has 3 heteroatoms. The fourth-order valence-corrected chi connectivity index (χ4v) is 2.87. The molecule has 0 amide bonds. The smallest absolute Gasteiger partial charge is 0.335 e. The van der Waals surface area contributed by atoms with Crippen molar-refractivity contribution in [1.82, 2.24) is 0 Å². The summed E-state index contributed by atoms with van der Waals surface area (Å²) in [6.07, 6.45) is 5.11. The van der Waals surface area contributed by atoms with E-state index in [1.165, 1.54) is 6.07 Å². The molecule has 140 valence electrons. The van der Waals surface area contributed by atoms with E-state index in [1.54, 1.807) is 12.1 Å². The molecule has 0 aliphatic rings. The number of halogens is 1. The van der Waals surface area contributed by atoms with Gasteiger partial charge in [-0.3, -0.25) is 0 Å². The van der Waals surface area contributed by atoms with Crippen LogP contribution < -0.4 is 4.74 Å². The molecule has 0 saturated carbocycles. The first-order valence-electron chi connectivity index (χ1n) is 9.20. The zero-order valence-corrected chi connectivity index (χ0v) is 16.2. The molecule has 2 aromatic carbocycles. The molecule has 0 bridgehead atoms. The minimum atomic E-state index is -0.498. The number of carbonyl (C=O) groups excluding carboxylic acids is 1. The van der Waals surface area contributed by atoms with E-state index in [-0.39, 0.29) is 5.82 Å². The van der Waals surface area contributed by atoms with Gasteiger partial charge in [0.25, 0.3) is 0 Å². The number of aryl methyl sites for hydroxylation is 3. The van der Waals surface area contributed by atoms with Crippen molar-refractivity contribution in [2.24, 2.45) is 0 Å². The van der Waals surface area contributed by atoms with E-state index < -0.39 is 5.97 Å². The van der Waals surface area contributed by atoms with Gasteiger partial charge in [0.2, 0.25) is 0 Å². The van der Waals surface area contributed by atoms with Gasteiger partial charge in [-0.2, -0.15) is 0 Å². The second-order valence-electron chi connectivity index (χ2n) is 6.57. The van der Waals surface area contributed by atoms with E-state index in [4.69, 9.17) is 4.74 Å². The zero-order chi connectivity index (χ0) is 19.8. The van der Waals surface area contributed by atoms with E-state index in [9.17, 15) is 9.18 Å². The van der Waals surface area contributed by atoms with Gasteiger partial charge in [0.1, 0.15) is 11.6 Å². The van der Waals surface area contributed by atoms with Crippen LogP contribution in [0.2, 0.25) is 0 Å². The molecular weight excluding hydrogens is 339 g/mol. The molecule has 0 heterocycles. The van der Waals surface area contributed by atoms with Crippen molar-refractivity contribution in [2.45, 2.75) is 46.5 Å². The van der Waals surface area contributed by atoms with Crippen molar-refractivity contribution >= 4 is 5.97 Å². The summed E-state index contributed by atoms with van der Waals surface area (Å²) in [6.45, 7) is 9.33. The Morgan fingerprint density at radius 1 is 1.15 bits per heavy atom. The molecule has 0 aliphatic carbocycles. The van der Waals surface area contributed by atoms with Gasteiger partial charge in [-0.15, -0.1) is 0 Å². The molecule has 0 aromatic heterocycles.